The van der Waals surface area contributed by atoms with Gasteiger partial charge in [-0.1, -0.05) is 45.4 Å². The van der Waals surface area contributed by atoms with E-state index in [-0.39, 0.29) is 35.1 Å². The van der Waals surface area contributed by atoms with E-state index in [9.17, 15) is 9.59 Å². The normalized spacial score (nSPS) is 23.1. The number of benzene rings is 1. The van der Waals surface area contributed by atoms with Crippen LogP contribution in [0.3, 0.4) is 0 Å². The summed E-state index contributed by atoms with van der Waals surface area (Å²) in [5.74, 6) is 0.162. The van der Waals surface area contributed by atoms with E-state index in [0.29, 0.717) is 13.1 Å². The van der Waals surface area contributed by atoms with Crippen LogP contribution in [-0.4, -0.2) is 36.3 Å². The minimum atomic E-state index is 0.00437. The highest BCUT2D eigenvalue weighted by atomic mass is 16.2. The second-order valence-corrected chi connectivity index (χ2v) is 8.02. The molecule has 4 heteroatoms. The molecular weight excluding hydrogens is 288 g/mol. The minimum absolute atomic E-state index is 0.00437. The predicted molar refractivity (Wildman–Crippen MR) is 91.2 cm³/mol. The van der Waals surface area contributed by atoms with Crippen LogP contribution in [0.2, 0.25) is 0 Å². The summed E-state index contributed by atoms with van der Waals surface area (Å²) in [6, 6.07) is 7.96. The lowest BCUT2D eigenvalue weighted by molar-refractivity contribution is -0.139. The average molecular weight is 314 g/mol. The van der Waals surface area contributed by atoms with Crippen LogP contribution in [0, 0.1) is 23.7 Å². The molecule has 2 amide bonds. The number of rotatable bonds is 2. The Morgan fingerprint density at radius 1 is 1.04 bits per heavy atom. The molecule has 1 aliphatic heterocycles. The SMILES string of the molecule is Cc1ccc(N2CCN(C(=O)C3C(C)(C)C3(C)C)CC2=O)cc1. The third kappa shape index (κ3) is 2.44. The van der Waals surface area contributed by atoms with E-state index in [4.69, 9.17) is 0 Å². The first-order valence-electron chi connectivity index (χ1n) is 8.32. The quantitative estimate of drug-likeness (QED) is 0.842. The van der Waals surface area contributed by atoms with Gasteiger partial charge < -0.3 is 9.80 Å². The monoisotopic (exact) mass is 314 g/mol. The topological polar surface area (TPSA) is 40.6 Å². The van der Waals surface area contributed by atoms with Gasteiger partial charge in [-0.15, -0.1) is 0 Å². The van der Waals surface area contributed by atoms with Gasteiger partial charge in [-0.05, 0) is 29.9 Å². The van der Waals surface area contributed by atoms with Crippen molar-refractivity contribution in [1.29, 1.82) is 0 Å². The summed E-state index contributed by atoms with van der Waals surface area (Å²) in [5.41, 5.74) is 2.12. The maximum absolute atomic E-state index is 12.8. The zero-order valence-corrected chi connectivity index (χ0v) is 14.7. The second-order valence-electron chi connectivity index (χ2n) is 8.02. The van der Waals surface area contributed by atoms with E-state index in [2.05, 4.69) is 27.7 Å². The molecule has 4 nitrogen and oxygen atoms in total. The molecule has 1 aliphatic carbocycles. The highest BCUT2D eigenvalue weighted by Gasteiger charge is 2.68. The predicted octanol–water partition coefficient (Wildman–Crippen LogP) is 2.85. The van der Waals surface area contributed by atoms with E-state index < -0.39 is 0 Å². The fourth-order valence-electron chi connectivity index (χ4n) is 3.86. The molecule has 1 aromatic rings. The Labute approximate surface area is 138 Å². The molecule has 2 aliphatic rings. The highest BCUT2D eigenvalue weighted by molar-refractivity contribution is 5.98. The Kier molecular flexibility index (Phi) is 3.54. The number of piperazine rings is 1. The Balaban J connectivity index is 1.69. The van der Waals surface area contributed by atoms with Crippen LogP contribution in [0.1, 0.15) is 33.3 Å². The first-order valence-corrected chi connectivity index (χ1v) is 8.32. The zero-order valence-electron chi connectivity index (χ0n) is 14.7. The fraction of sp³-hybridized carbons (Fsp3) is 0.579. The molecule has 124 valence electrons. The average Bonchev–Trinajstić information content (AvgIpc) is 2.89. The van der Waals surface area contributed by atoms with Gasteiger partial charge in [-0.3, -0.25) is 9.59 Å². The number of anilines is 1. The van der Waals surface area contributed by atoms with Gasteiger partial charge in [0.25, 0.3) is 0 Å². The Morgan fingerprint density at radius 2 is 1.61 bits per heavy atom. The first-order chi connectivity index (χ1) is 10.7. The van der Waals surface area contributed by atoms with Gasteiger partial charge in [0, 0.05) is 24.7 Å². The van der Waals surface area contributed by atoms with Gasteiger partial charge in [0.1, 0.15) is 6.54 Å². The fourth-order valence-corrected chi connectivity index (χ4v) is 3.86. The molecule has 2 fully saturated rings. The molecule has 0 aromatic heterocycles. The summed E-state index contributed by atoms with van der Waals surface area (Å²) in [6.07, 6.45) is 0. The van der Waals surface area contributed by atoms with Gasteiger partial charge >= 0.3 is 0 Å². The van der Waals surface area contributed by atoms with Crippen LogP contribution in [0.15, 0.2) is 24.3 Å². The van der Waals surface area contributed by atoms with E-state index in [1.54, 1.807) is 9.80 Å². The minimum Gasteiger partial charge on any atom is -0.331 e. The number of amides is 2. The lowest BCUT2D eigenvalue weighted by Crippen LogP contribution is -2.53. The lowest BCUT2D eigenvalue weighted by atomic mass is 10.0. The lowest BCUT2D eigenvalue weighted by Gasteiger charge is -2.35. The number of carbonyl (C=O) groups is 2. The van der Waals surface area contributed by atoms with E-state index >= 15 is 0 Å². The van der Waals surface area contributed by atoms with Gasteiger partial charge in [0.05, 0.1) is 0 Å². The molecule has 1 heterocycles. The van der Waals surface area contributed by atoms with E-state index in [1.165, 1.54) is 5.56 Å². The molecule has 0 radical (unpaired) electrons. The number of aryl methyl sites for hydroxylation is 1. The van der Waals surface area contributed by atoms with Crippen LogP contribution >= 0.6 is 0 Å². The molecular formula is C19H26N2O2. The zero-order chi connectivity index (χ0) is 17.0. The van der Waals surface area contributed by atoms with Gasteiger partial charge in [-0.25, -0.2) is 0 Å². The smallest absolute Gasteiger partial charge is 0.246 e. The molecule has 0 bridgehead atoms. The Hall–Kier alpha value is -1.84. The van der Waals surface area contributed by atoms with Crippen LogP contribution in [0.4, 0.5) is 5.69 Å². The van der Waals surface area contributed by atoms with Crippen molar-refractivity contribution in [2.45, 2.75) is 34.6 Å². The maximum Gasteiger partial charge on any atom is 0.246 e. The molecule has 3 rings (SSSR count). The molecule has 0 unspecified atom stereocenters. The summed E-state index contributed by atoms with van der Waals surface area (Å²) < 4.78 is 0. The Bertz CT molecular complexity index is 632. The molecule has 1 aromatic carbocycles. The number of hydrogen-bond donors (Lipinski definition) is 0. The summed E-state index contributed by atoms with van der Waals surface area (Å²) in [7, 11) is 0. The van der Waals surface area contributed by atoms with Crippen molar-refractivity contribution in [2.75, 3.05) is 24.5 Å². The largest absolute Gasteiger partial charge is 0.331 e. The highest BCUT2D eigenvalue weighted by Crippen LogP contribution is 2.68. The standard InChI is InChI=1S/C19H26N2O2/c1-13-6-8-14(9-7-13)21-11-10-20(12-15(21)22)17(23)16-18(2,3)19(16,4)5/h6-9,16H,10-12H2,1-5H3. The third-order valence-corrected chi connectivity index (χ3v) is 6.15. The van der Waals surface area contributed by atoms with Gasteiger partial charge in [0.15, 0.2) is 0 Å². The van der Waals surface area contributed by atoms with Crippen molar-refractivity contribution in [3.05, 3.63) is 29.8 Å². The Morgan fingerprint density at radius 3 is 2.09 bits per heavy atom. The van der Waals surface area contributed by atoms with E-state index in [0.717, 1.165) is 5.69 Å². The molecule has 0 spiro atoms. The van der Waals surface area contributed by atoms with Crippen molar-refractivity contribution in [2.24, 2.45) is 16.7 Å². The summed E-state index contributed by atoms with van der Waals surface area (Å²) in [4.78, 5) is 28.8. The molecule has 23 heavy (non-hydrogen) atoms. The van der Waals surface area contributed by atoms with Crippen molar-refractivity contribution in [3.8, 4) is 0 Å². The first kappa shape index (κ1) is 16.0. The summed E-state index contributed by atoms with van der Waals surface area (Å²) in [5, 5.41) is 0. The van der Waals surface area contributed by atoms with Crippen molar-refractivity contribution >= 4 is 17.5 Å². The number of carbonyl (C=O) groups excluding carboxylic acids is 2. The van der Waals surface area contributed by atoms with E-state index in [1.807, 2.05) is 31.2 Å². The number of nitrogens with zero attached hydrogens (tertiary/aromatic N) is 2. The van der Waals surface area contributed by atoms with Gasteiger partial charge in [-0.2, -0.15) is 0 Å². The van der Waals surface area contributed by atoms with Crippen LogP contribution < -0.4 is 4.90 Å². The third-order valence-electron chi connectivity index (χ3n) is 6.15. The molecule has 1 saturated carbocycles. The molecule has 1 saturated heterocycles. The summed E-state index contributed by atoms with van der Waals surface area (Å²) >= 11 is 0. The van der Waals surface area contributed by atoms with Crippen molar-refractivity contribution in [1.82, 2.24) is 4.90 Å². The van der Waals surface area contributed by atoms with Crippen molar-refractivity contribution < 1.29 is 9.59 Å². The molecule has 0 atom stereocenters. The second kappa shape index (κ2) is 5.08. The number of hydrogen-bond acceptors (Lipinski definition) is 2. The molecule has 0 N–H and O–H groups in total. The van der Waals surface area contributed by atoms with Gasteiger partial charge in [0.2, 0.25) is 11.8 Å². The summed E-state index contributed by atoms with van der Waals surface area (Å²) in [6.45, 7) is 12.0. The van der Waals surface area contributed by atoms with Crippen LogP contribution in [0.25, 0.3) is 0 Å². The maximum atomic E-state index is 12.8. The van der Waals surface area contributed by atoms with Crippen LogP contribution in [0.5, 0.6) is 0 Å². The van der Waals surface area contributed by atoms with Crippen molar-refractivity contribution in [3.63, 3.8) is 0 Å². The van der Waals surface area contributed by atoms with Crippen LogP contribution in [-0.2, 0) is 9.59 Å².